The maximum absolute atomic E-state index is 11.4. The lowest BCUT2D eigenvalue weighted by atomic mass is 10.2. The first-order chi connectivity index (χ1) is 15.4. The molecule has 2 atom stereocenters. The molecule has 40 heavy (non-hydrogen) atoms. The van der Waals surface area contributed by atoms with Crippen molar-refractivity contribution in [2.45, 2.75) is 138 Å². The molecule has 0 heterocycles. The first-order valence-electron chi connectivity index (χ1n) is 10.7. The fourth-order valence-electron chi connectivity index (χ4n) is 1.82. The smallest absolute Gasteiger partial charge is 0.309 e. The van der Waals surface area contributed by atoms with E-state index < -0.39 is 11.9 Å². The third-order valence-corrected chi connectivity index (χ3v) is 3.71. The maximum atomic E-state index is 11.4. The van der Waals surface area contributed by atoms with Gasteiger partial charge in [0, 0.05) is 0 Å². The minimum absolute atomic E-state index is 0. The molecular weight excluding hydrogens is 504 g/mol. The normalized spacial score (nSPS) is 9.15. The minimum atomic E-state index is -0.401. The zero-order valence-corrected chi connectivity index (χ0v) is 19.6. The summed E-state index contributed by atoms with van der Waals surface area (Å²) in [5, 5.41) is 18.7. The van der Waals surface area contributed by atoms with Crippen LogP contribution < -0.4 is 0 Å². The summed E-state index contributed by atoms with van der Waals surface area (Å²) >= 11 is 0. The molecular formula is C34H68O6. The van der Waals surface area contributed by atoms with Crippen LogP contribution in [0.2, 0.25) is 0 Å². The summed E-state index contributed by atoms with van der Waals surface area (Å²) in [5.41, 5.74) is 0. The molecule has 0 aromatic rings. The Morgan fingerprint density at radius 2 is 0.900 bits per heavy atom. The predicted molar refractivity (Wildman–Crippen MR) is 180 cm³/mol. The Balaban J connectivity index is -0.0000000621. The van der Waals surface area contributed by atoms with Crippen molar-refractivity contribution in [3.05, 3.63) is 24.3 Å². The lowest BCUT2D eigenvalue weighted by molar-refractivity contribution is -0.151. The van der Waals surface area contributed by atoms with Crippen LogP contribution in [0.25, 0.3) is 0 Å². The third kappa shape index (κ3) is 55.5. The van der Waals surface area contributed by atoms with Crippen molar-refractivity contribution in [3.63, 3.8) is 0 Å². The summed E-state index contributed by atoms with van der Waals surface area (Å²) < 4.78 is 9.83. The van der Waals surface area contributed by atoms with E-state index >= 15 is 0 Å². The van der Waals surface area contributed by atoms with Gasteiger partial charge in [-0.1, -0.05) is 109 Å². The highest BCUT2D eigenvalue weighted by Gasteiger charge is 2.03. The summed E-state index contributed by atoms with van der Waals surface area (Å²) in [6.07, 6.45) is 8.70. The van der Waals surface area contributed by atoms with Crippen LogP contribution in [0.3, 0.4) is 0 Å². The van der Waals surface area contributed by atoms with E-state index in [1.165, 1.54) is 0 Å². The monoisotopic (exact) mass is 573 g/mol. The van der Waals surface area contributed by atoms with Gasteiger partial charge in [-0.05, 0) is 63.2 Å². The summed E-state index contributed by atoms with van der Waals surface area (Å²) in [6.45, 7) is 7.31. The number of ether oxygens (including phenoxy) is 2. The maximum Gasteiger partial charge on any atom is 0.309 e. The molecule has 0 saturated carbocycles. The summed E-state index contributed by atoms with van der Waals surface area (Å²) in [7, 11) is 0. The average molecular weight is 573 g/mol. The highest BCUT2D eigenvalue weighted by atomic mass is 16.6. The van der Waals surface area contributed by atoms with Gasteiger partial charge in [-0.3, -0.25) is 9.59 Å². The number of aliphatic hydroxyl groups is 2. The molecule has 2 unspecified atom stereocenters. The van der Waals surface area contributed by atoms with Gasteiger partial charge in [0.2, 0.25) is 0 Å². The van der Waals surface area contributed by atoms with Crippen LogP contribution in [0.4, 0.5) is 0 Å². The molecule has 0 aromatic carbocycles. The van der Waals surface area contributed by atoms with Crippen molar-refractivity contribution < 1.29 is 29.3 Å². The molecule has 2 N–H and O–H groups in total. The van der Waals surface area contributed by atoms with E-state index in [-0.39, 0.29) is 97.7 Å². The second-order valence-electron chi connectivity index (χ2n) is 6.39. The standard InChI is InChI=1S/C18H30O6.C8H6.8CH4/c1-3-15(19)9-5-7-11-17(21)23-13-14-24-18(22)12-8-6-10-16(20)4-2;1-3-5-7-8-6-4-2;;;;;;;;/h5-8,15-16,19-20H,3-4,9-14H2,1-2H3;1-2H3;8*1H4. The lowest BCUT2D eigenvalue weighted by Crippen LogP contribution is -2.13. The van der Waals surface area contributed by atoms with Gasteiger partial charge in [0.15, 0.2) is 0 Å². The summed E-state index contributed by atoms with van der Waals surface area (Å²) in [4.78, 5) is 22.8. The Hall–Kier alpha value is -2.98. The van der Waals surface area contributed by atoms with Crippen LogP contribution in [-0.2, 0) is 19.1 Å². The minimum Gasteiger partial charge on any atom is -0.462 e. The number of hydrogen-bond donors (Lipinski definition) is 2. The Morgan fingerprint density at radius 1 is 0.600 bits per heavy atom. The molecule has 0 radical (unpaired) electrons. The molecule has 0 spiro atoms. The molecule has 6 nitrogen and oxygen atoms in total. The van der Waals surface area contributed by atoms with Gasteiger partial charge >= 0.3 is 11.9 Å². The second-order valence-corrected chi connectivity index (χ2v) is 6.39. The Bertz CT molecular complexity index is 687. The van der Waals surface area contributed by atoms with Gasteiger partial charge in [0.25, 0.3) is 0 Å². The highest BCUT2D eigenvalue weighted by Crippen LogP contribution is 2.00. The van der Waals surface area contributed by atoms with Crippen molar-refractivity contribution >= 4 is 11.9 Å². The lowest BCUT2D eigenvalue weighted by Gasteiger charge is -2.05. The van der Waals surface area contributed by atoms with Gasteiger partial charge in [-0.2, -0.15) is 0 Å². The van der Waals surface area contributed by atoms with E-state index in [9.17, 15) is 19.8 Å². The third-order valence-electron chi connectivity index (χ3n) is 3.71. The number of rotatable bonds is 13. The van der Waals surface area contributed by atoms with Crippen LogP contribution in [0.1, 0.15) is 126 Å². The van der Waals surface area contributed by atoms with E-state index in [4.69, 9.17) is 9.47 Å². The quantitative estimate of drug-likeness (QED) is 0.0996. The van der Waals surface area contributed by atoms with Crippen molar-refractivity contribution in [3.8, 4) is 35.5 Å². The fraction of sp³-hybridized carbons (Fsp3) is 0.647. The Kier molecular flexibility index (Phi) is 86.3. The molecule has 240 valence electrons. The zero-order valence-electron chi connectivity index (χ0n) is 19.6. The molecule has 0 aliphatic rings. The van der Waals surface area contributed by atoms with Crippen molar-refractivity contribution in [1.29, 1.82) is 0 Å². The van der Waals surface area contributed by atoms with Crippen molar-refractivity contribution in [2.75, 3.05) is 13.2 Å². The van der Waals surface area contributed by atoms with Crippen LogP contribution in [0.5, 0.6) is 0 Å². The zero-order chi connectivity index (χ0) is 24.5. The number of aliphatic hydroxyl groups excluding tert-OH is 2. The molecule has 0 aliphatic carbocycles. The molecule has 0 amide bonds. The topological polar surface area (TPSA) is 93.1 Å². The molecule has 0 aliphatic heterocycles. The average Bonchev–Trinajstić information content (AvgIpc) is 2.80. The van der Waals surface area contributed by atoms with Crippen molar-refractivity contribution in [2.24, 2.45) is 0 Å². The second kappa shape index (κ2) is 52.5. The molecule has 0 saturated heterocycles. The first kappa shape index (κ1) is 65.8. The van der Waals surface area contributed by atoms with Crippen LogP contribution in [0, 0.1) is 35.5 Å². The predicted octanol–water partition coefficient (Wildman–Crippen LogP) is 8.41. The van der Waals surface area contributed by atoms with E-state index in [1.807, 2.05) is 13.8 Å². The summed E-state index contributed by atoms with van der Waals surface area (Å²) in [6, 6.07) is 0. The number of carbonyl (C=O) groups is 2. The number of esters is 2. The number of hydrogen-bond acceptors (Lipinski definition) is 6. The first-order valence-corrected chi connectivity index (χ1v) is 10.7. The van der Waals surface area contributed by atoms with Crippen LogP contribution >= 0.6 is 0 Å². The fourth-order valence-corrected chi connectivity index (χ4v) is 1.82. The van der Waals surface area contributed by atoms with E-state index in [1.54, 1.807) is 38.2 Å². The molecule has 0 aromatic heterocycles. The largest absolute Gasteiger partial charge is 0.462 e. The van der Waals surface area contributed by atoms with E-state index in [2.05, 4.69) is 35.5 Å². The molecule has 0 bridgehead atoms. The molecule has 6 heteroatoms. The van der Waals surface area contributed by atoms with E-state index in [0.717, 1.165) is 0 Å². The van der Waals surface area contributed by atoms with Gasteiger partial charge in [0.05, 0.1) is 25.0 Å². The van der Waals surface area contributed by atoms with Gasteiger partial charge in [0.1, 0.15) is 13.2 Å². The van der Waals surface area contributed by atoms with Crippen LogP contribution in [-0.4, -0.2) is 47.6 Å². The van der Waals surface area contributed by atoms with Gasteiger partial charge in [-0.15, -0.1) is 0 Å². The molecule has 0 rings (SSSR count). The van der Waals surface area contributed by atoms with Crippen molar-refractivity contribution in [1.82, 2.24) is 0 Å². The highest BCUT2D eigenvalue weighted by molar-refractivity contribution is 5.72. The van der Waals surface area contributed by atoms with Gasteiger partial charge in [-0.25, -0.2) is 0 Å². The van der Waals surface area contributed by atoms with E-state index in [0.29, 0.717) is 25.7 Å². The Labute approximate surface area is 252 Å². The summed E-state index contributed by atoms with van der Waals surface area (Å²) in [5.74, 6) is 14.7. The van der Waals surface area contributed by atoms with Crippen LogP contribution in [0.15, 0.2) is 24.3 Å². The SMILES string of the molecule is C.C.C.C.C.C.C.C.CC#CC#CC#CC.CCC(O)CC=CCC(=O)OCCOC(=O)CC=CCC(O)CC. The Morgan fingerprint density at radius 3 is 1.15 bits per heavy atom. The van der Waals surface area contributed by atoms with Gasteiger partial charge < -0.3 is 19.7 Å². The number of carbonyl (C=O) groups excluding carboxylic acids is 2. The molecule has 0 fully saturated rings.